The minimum atomic E-state index is -0.400. The van der Waals surface area contributed by atoms with E-state index in [0.717, 1.165) is 38.9 Å². The van der Waals surface area contributed by atoms with E-state index in [1.54, 1.807) is 0 Å². The molecule has 0 aromatic heterocycles. The smallest absolute Gasteiger partial charge is 0.264 e. The molecule has 1 rings (SSSR count). The maximum atomic E-state index is 10.5. The van der Waals surface area contributed by atoms with Gasteiger partial charge in [0.25, 0.3) is 6.20 Å². The van der Waals surface area contributed by atoms with E-state index in [1.807, 2.05) is 18.2 Å². The van der Waals surface area contributed by atoms with Crippen LogP contribution in [0.1, 0.15) is 13.3 Å². The first kappa shape index (κ1) is 17.3. The van der Waals surface area contributed by atoms with Gasteiger partial charge in [0.05, 0.1) is 17.6 Å². The fourth-order valence-electron chi connectivity index (χ4n) is 2.39. The number of rotatable bonds is 8. The number of ether oxygens (including phenoxy) is 1. The van der Waals surface area contributed by atoms with Crippen molar-refractivity contribution in [3.63, 3.8) is 0 Å². The Kier molecular flexibility index (Phi) is 7.32. The quantitative estimate of drug-likeness (QED) is 0.502. The van der Waals surface area contributed by atoms with Gasteiger partial charge in [-0.05, 0) is 32.6 Å². The van der Waals surface area contributed by atoms with Crippen LogP contribution >= 0.6 is 11.8 Å². The molecule has 0 aromatic rings. The topological polar surface area (TPSA) is 58.9 Å². The van der Waals surface area contributed by atoms with Gasteiger partial charge in [-0.1, -0.05) is 0 Å². The predicted octanol–water partition coefficient (Wildman–Crippen LogP) is 1.71. The molecule has 2 atom stereocenters. The highest BCUT2D eigenvalue weighted by Gasteiger charge is 2.23. The summed E-state index contributed by atoms with van der Waals surface area (Å²) in [6.45, 7) is 5.64. The number of likely N-dealkylation sites (N-methyl/N-ethyl adjacent to an activating group) is 2. The molecule has 0 N–H and O–H groups in total. The summed E-state index contributed by atoms with van der Waals surface area (Å²) in [5.41, 5.74) is 0. The predicted molar refractivity (Wildman–Crippen MR) is 82.2 cm³/mol. The average molecular weight is 303 g/mol. The molecule has 1 fully saturated rings. The van der Waals surface area contributed by atoms with Gasteiger partial charge >= 0.3 is 0 Å². The van der Waals surface area contributed by atoms with Gasteiger partial charge in [-0.15, -0.1) is 11.8 Å². The van der Waals surface area contributed by atoms with Crippen LogP contribution in [-0.4, -0.2) is 67.4 Å². The van der Waals surface area contributed by atoms with Gasteiger partial charge in [-0.2, -0.15) is 0 Å². The lowest BCUT2D eigenvalue weighted by Gasteiger charge is -2.25. The molecule has 0 radical (unpaired) electrons. The standard InChI is InChI=1S/C13H25N3O3S/c1-11-7-12(10-19-11)8-14(2)5-6-15(3)13(20-4)9-16(17)18/h9,11-12H,5-8,10H2,1-4H3. The zero-order valence-electron chi connectivity index (χ0n) is 12.7. The fraction of sp³-hybridized carbons (Fsp3) is 0.846. The first-order valence-corrected chi connectivity index (χ1v) is 8.05. The van der Waals surface area contributed by atoms with Crippen molar-refractivity contribution < 1.29 is 9.66 Å². The zero-order chi connectivity index (χ0) is 15.1. The molecule has 7 heteroatoms. The molecule has 1 saturated heterocycles. The Hall–Kier alpha value is -0.790. The molecule has 2 unspecified atom stereocenters. The van der Waals surface area contributed by atoms with E-state index in [-0.39, 0.29) is 0 Å². The van der Waals surface area contributed by atoms with Crippen LogP contribution in [0.3, 0.4) is 0 Å². The van der Waals surface area contributed by atoms with E-state index in [0.29, 0.717) is 17.1 Å². The van der Waals surface area contributed by atoms with Crippen molar-refractivity contribution in [1.82, 2.24) is 9.80 Å². The second kappa shape index (κ2) is 8.49. The molecule has 0 amide bonds. The molecule has 0 aromatic carbocycles. The number of thioether (sulfide) groups is 1. The molecule has 6 nitrogen and oxygen atoms in total. The van der Waals surface area contributed by atoms with Crippen molar-refractivity contribution in [1.29, 1.82) is 0 Å². The van der Waals surface area contributed by atoms with Crippen LogP contribution in [0, 0.1) is 16.0 Å². The van der Waals surface area contributed by atoms with Crippen molar-refractivity contribution >= 4 is 11.8 Å². The van der Waals surface area contributed by atoms with Crippen LogP contribution < -0.4 is 0 Å². The van der Waals surface area contributed by atoms with E-state index in [1.165, 1.54) is 11.8 Å². The minimum absolute atomic E-state index is 0.377. The van der Waals surface area contributed by atoms with Crippen molar-refractivity contribution in [2.75, 3.05) is 46.6 Å². The number of hydrogen-bond acceptors (Lipinski definition) is 6. The first-order chi connectivity index (χ1) is 9.42. The SMILES string of the molecule is CSC(=C[N+](=O)[O-])N(C)CCN(C)CC1COC(C)C1. The van der Waals surface area contributed by atoms with Gasteiger partial charge in [0.1, 0.15) is 5.03 Å². The zero-order valence-corrected chi connectivity index (χ0v) is 13.6. The van der Waals surface area contributed by atoms with Crippen molar-refractivity contribution in [2.45, 2.75) is 19.4 Å². The summed E-state index contributed by atoms with van der Waals surface area (Å²) in [4.78, 5) is 14.3. The Labute approximate surface area is 125 Å². The minimum Gasteiger partial charge on any atom is -0.378 e. The van der Waals surface area contributed by atoms with Gasteiger partial charge in [-0.25, -0.2) is 0 Å². The molecule has 1 aliphatic heterocycles. The fourth-order valence-corrected chi connectivity index (χ4v) is 2.99. The number of nitro groups is 1. The third kappa shape index (κ3) is 6.11. The molecule has 0 bridgehead atoms. The van der Waals surface area contributed by atoms with E-state index in [4.69, 9.17) is 4.74 Å². The molecular formula is C13H25N3O3S. The van der Waals surface area contributed by atoms with Gasteiger partial charge in [0.2, 0.25) is 0 Å². The highest BCUT2D eigenvalue weighted by molar-refractivity contribution is 8.02. The summed E-state index contributed by atoms with van der Waals surface area (Å²) in [7, 11) is 3.98. The first-order valence-electron chi connectivity index (χ1n) is 6.83. The van der Waals surface area contributed by atoms with Crippen LogP contribution in [0.15, 0.2) is 11.2 Å². The summed E-state index contributed by atoms with van der Waals surface area (Å²) in [6.07, 6.45) is 4.42. The third-order valence-corrected chi connectivity index (χ3v) is 4.31. The maximum absolute atomic E-state index is 10.5. The van der Waals surface area contributed by atoms with Crippen molar-refractivity contribution in [2.24, 2.45) is 5.92 Å². The Morgan fingerprint density at radius 1 is 1.50 bits per heavy atom. The lowest BCUT2D eigenvalue weighted by atomic mass is 10.1. The van der Waals surface area contributed by atoms with Crippen LogP contribution in [0.4, 0.5) is 0 Å². The Morgan fingerprint density at radius 2 is 2.20 bits per heavy atom. The van der Waals surface area contributed by atoms with Crippen molar-refractivity contribution in [3.8, 4) is 0 Å². The molecule has 20 heavy (non-hydrogen) atoms. The Bertz CT molecular complexity index is 352. The third-order valence-electron chi connectivity index (χ3n) is 3.47. The maximum Gasteiger partial charge on any atom is 0.264 e. The Balaban J connectivity index is 2.32. The highest BCUT2D eigenvalue weighted by atomic mass is 32.2. The Morgan fingerprint density at radius 3 is 2.70 bits per heavy atom. The summed E-state index contributed by atoms with van der Waals surface area (Å²) < 4.78 is 5.57. The van der Waals surface area contributed by atoms with Crippen LogP contribution in [0.5, 0.6) is 0 Å². The summed E-state index contributed by atoms with van der Waals surface area (Å²) in [5.74, 6) is 0.606. The summed E-state index contributed by atoms with van der Waals surface area (Å²) >= 11 is 1.40. The number of hydrogen-bond donors (Lipinski definition) is 0. The molecule has 116 valence electrons. The monoisotopic (exact) mass is 303 g/mol. The molecule has 1 aliphatic rings. The molecular weight excluding hydrogens is 278 g/mol. The highest BCUT2D eigenvalue weighted by Crippen LogP contribution is 2.20. The van der Waals surface area contributed by atoms with Crippen molar-refractivity contribution in [3.05, 3.63) is 21.3 Å². The molecule has 0 spiro atoms. The largest absolute Gasteiger partial charge is 0.378 e. The van der Waals surface area contributed by atoms with Crippen LogP contribution in [-0.2, 0) is 4.74 Å². The summed E-state index contributed by atoms with van der Waals surface area (Å²) in [6, 6.07) is 0. The van der Waals surface area contributed by atoms with Crippen LogP contribution in [0.2, 0.25) is 0 Å². The van der Waals surface area contributed by atoms with Gasteiger partial charge in [-0.3, -0.25) is 10.1 Å². The van der Waals surface area contributed by atoms with E-state index >= 15 is 0 Å². The molecule has 0 saturated carbocycles. The van der Waals surface area contributed by atoms with Gasteiger partial charge in [0, 0.05) is 26.7 Å². The number of nitrogens with zero attached hydrogens (tertiary/aromatic N) is 3. The summed E-state index contributed by atoms with van der Waals surface area (Å²) in [5, 5.41) is 11.2. The normalized spacial score (nSPS) is 23.4. The lowest BCUT2D eigenvalue weighted by Crippen LogP contribution is -2.33. The van der Waals surface area contributed by atoms with Crippen LogP contribution in [0.25, 0.3) is 0 Å². The van der Waals surface area contributed by atoms with E-state index < -0.39 is 4.92 Å². The second-order valence-electron chi connectivity index (χ2n) is 5.39. The molecule has 1 heterocycles. The second-order valence-corrected chi connectivity index (χ2v) is 6.21. The average Bonchev–Trinajstić information content (AvgIpc) is 2.78. The van der Waals surface area contributed by atoms with E-state index in [2.05, 4.69) is 18.9 Å². The lowest BCUT2D eigenvalue weighted by molar-refractivity contribution is -0.403. The van der Waals surface area contributed by atoms with Gasteiger partial charge in [0.15, 0.2) is 0 Å². The molecule has 0 aliphatic carbocycles. The van der Waals surface area contributed by atoms with Gasteiger partial charge < -0.3 is 14.5 Å². The van der Waals surface area contributed by atoms with E-state index in [9.17, 15) is 10.1 Å².